The third-order valence-corrected chi connectivity index (χ3v) is 4.15. The molecule has 0 aromatic heterocycles. The number of likely N-dealkylation sites (N-methyl/N-ethyl adjacent to an activating group) is 1. The van der Waals surface area contributed by atoms with Gasteiger partial charge >= 0.3 is 0 Å². The number of hydrogen-bond acceptors (Lipinski definition) is 2. The molecule has 0 bridgehead atoms. The molecule has 2 aromatic carbocycles. The van der Waals surface area contributed by atoms with E-state index in [1.807, 2.05) is 68.4 Å². The van der Waals surface area contributed by atoms with E-state index < -0.39 is 6.04 Å². The van der Waals surface area contributed by atoms with Crippen molar-refractivity contribution in [2.24, 2.45) is 0 Å². The summed E-state index contributed by atoms with van der Waals surface area (Å²) in [5.41, 5.74) is 3.10. The van der Waals surface area contributed by atoms with Crippen LogP contribution in [0.2, 0.25) is 0 Å². The fourth-order valence-corrected chi connectivity index (χ4v) is 2.78. The van der Waals surface area contributed by atoms with E-state index in [0.29, 0.717) is 13.1 Å². The van der Waals surface area contributed by atoms with E-state index in [0.717, 1.165) is 16.7 Å². The molecule has 2 rings (SSSR count). The van der Waals surface area contributed by atoms with E-state index in [1.54, 1.807) is 11.8 Å². The maximum Gasteiger partial charge on any atom is 0.242 e. The zero-order chi connectivity index (χ0) is 18.2. The number of benzene rings is 2. The summed E-state index contributed by atoms with van der Waals surface area (Å²) in [5.74, 6) is -0.177. The minimum atomic E-state index is -0.516. The number of carbonyl (C=O) groups is 2. The maximum absolute atomic E-state index is 12.9. The first-order valence-electron chi connectivity index (χ1n) is 8.68. The second-order valence-electron chi connectivity index (χ2n) is 6.24. The molecule has 1 atom stereocenters. The number of carbonyl (C=O) groups excluding carboxylic acids is 2. The zero-order valence-electron chi connectivity index (χ0n) is 15.2. The summed E-state index contributed by atoms with van der Waals surface area (Å²) in [4.78, 5) is 26.9. The van der Waals surface area contributed by atoms with Crippen molar-refractivity contribution in [3.05, 3.63) is 71.3 Å². The standard InChI is InChI=1S/C21H26N2O2/c1-4-22-21(25)17(3)23(15-18-10-6-5-7-11-18)20(24)14-19-12-8-9-16(2)13-19/h5-13,17H,4,14-15H2,1-3H3,(H,22,25)/t17-/m0/s1. The summed E-state index contributed by atoms with van der Waals surface area (Å²) in [5, 5.41) is 2.81. The average molecular weight is 338 g/mol. The highest BCUT2D eigenvalue weighted by Gasteiger charge is 2.25. The highest BCUT2D eigenvalue weighted by molar-refractivity contribution is 5.88. The van der Waals surface area contributed by atoms with E-state index in [9.17, 15) is 9.59 Å². The van der Waals surface area contributed by atoms with E-state index >= 15 is 0 Å². The highest BCUT2D eigenvalue weighted by Crippen LogP contribution is 2.13. The Kier molecular flexibility index (Phi) is 6.75. The smallest absolute Gasteiger partial charge is 0.242 e. The van der Waals surface area contributed by atoms with Gasteiger partial charge in [-0.15, -0.1) is 0 Å². The molecule has 25 heavy (non-hydrogen) atoms. The molecular formula is C21H26N2O2. The number of aryl methyl sites for hydroxylation is 1. The number of rotatable bonds is 7. The Balaban J connectivity index is 2.20. The van der Waals surface area contributed by atoms with Crippen LogP contribution in [0, 0.1) is 6.92 Å². The quantitative estimate of drug-likeness (QED) is 0.843. The predicted molar refractivity (Wildman–Crippen MR) is 100 cm³/mol. The fraction of sp³-hybridized carbons (Fsp3) is 0.333. The largest absolute Gasteiger partial charge is 0.355 e. The molecule has 0 fully saturated rings. The summed E-state index contributed by atoms with van der Waals surface area (Å²) < 4.78 is 0. The Morgan fingerprint density at radius 1 is 1.04 bits per heavy atom. The summed E-state index contributed by atoms with van der Waals surface area (Å²) in [6.45, 7) is 6.63. The van der Waals surface area contributed by atoms with Crippen LogP contribution in [0.25, 0.3) is 0 Å². The Bertz CT molecular complexity index is 713. The summed E-state index contributed by atoms with van der Waals surface area (Å²) in [7, 11) is 0. The van der Waals surface area contributed by atoms with Crippen LogP contribution in [-0.4, -0.2) is 29.3 Å². The van der Waals surface area contributed by atoms with Crippen molar-refractivity contribution in [3.63, 3.8) is 0 Å². The molecule has 0 unspecified atom stereocenters. The second-order valence-corrected chi connectivity index (χ2v) is 6.24. The van der Waals surface area contributed by atoms with Gasteiger partial charge in [-0.25, -0.2) is 0 Å². The van der Waals surface area contributed by atoms with Crippen molar-refractivity contribution < 1.29 is 9.59 Å². The van der Waals surface area contributed by atoms with Crippen molar-refractivity contribution in [1.29, 1.82) is 0 Å². The Morgan fingerprint density at radius 3 is 2.36 bits per heavy atom. The molecule has 2 amide bonds. The van der Waals surface area contributed by atoms with Gasteiger partial charge in [-0.1, -0.05) is 60.2 Å². The van der Waals surface area contributed by atoms with Crippen molar-refractivity contribution in [1.82, 2.24) is 10.2 Å². The molecule has 4 heteroatoms. The zero-order valence-corrected chi connectivity index (χ0v) is 15.2. The van der Waals surface area contributed by atoms with Crippen molar-refractivity contribution in [3.8, 4) is 0 Å². The SMILES string of the molecule is CCNC(=O)[C@H](C)N(Cc1ccccc1)C(=O)Cc1cccc(C)c1. The van der Waals surface area contributed by atoms with E-state index in [-0.39, 0.29) is 18.2 Å². The molecule has 0 aliphatic heterocycles. The van der Waals surface area contributed by atoms with Crippen LogP contribution in [0.5, 0.6) is 0 Å². The average Bonchev–Trinajstić information content (AvgIpc) is 2.60. The van der Waals surface area contributed by atoms with Crippen LogP contribution in [0.1, 0.15) is 30.5 Å². The van der Waals surface area contributed by atoms with Crippen LogP contribution in [0.15, 0.2) is 54.6 Å². The molecule has 0 radical (unpaired) electrons. The van der Waals surface area contributed by atoms with Gasteiger partial charge in [0.25, 0.3) is 0 Å². The summed E-state index contributed by atoms with van der Waals surface area (Å²) >= 11 is 0. The first-order chi connectivity index (χ1) is 12.0. The van der Waals surface area contributed by atoms with Gasteiger partial charge in [0.15, 0.2) is 0 Å². The van der Waals surface area contributed by atoms with E-state index in [4.69, 9.17) is 0 Å². The van der Waals surface area contributed by atoms with E-state index in [1.165, 1.54) is 0 Å². The van der Waals surface area contributed by atoms with Gasteiger partial charge < -0.3 is 10.2 Å². The molecule has 1 N–H and O–H groups in total. The first-order valence-corrected chi connectivity index (χ1v) is 8.68. The van der Waals surface area contributed by atoms with Crippen LogP contribution < -0.4 is 5.32 Å². The van der Waals surface area contributed by atoms with Crippen molar-refractivity contribution in [2.45, 2.75) is 39.8 Å². The van der Waals surface area contributed by atoms with Gasteiger partial charge in [-0.3, -0.25) is 9.59 Å². The molecule has 132 valence electrons. The van der Waals surface area contributed by atoms with Gasteiger partial charge in [0.2, 0.25) is 11.8 Å². The van der Waals surface area contributed by atoms with Gasteiger partial charge in [0.05, 0.1) is 6.42 Å². The van der Waals surface area contributed by atoms with Gasteiger partial charge in [-0.2, -0.15) is 0 Å². The van der Waals surface area contributed by atoms with Crippen LogP contribution >= 0.6 is 0 Å². The van der Waals surface area contributed by atoms with Crippen molar-refractivity contribution in [2.75, 3.05) is 6.54 Å². The van der Waals surface area contributed by atoms with Gasteiger partial charge in [0.1, 0.15) is 6.04 Å². The Hall–Kier alpha value is -2.62. The third kappa shape index (κ3) is 5.45. The third-order valence-electron chi connectivity index (χ3n) is 4.15. The monoisotopic (exact) mass is 338 g/mol. The minimum Gasteiger partial charge on any atom is -0.355 e. The predicted octanol–water partition coefficient (Wildman–Crippen LogP) is 3.09. The number of nitrogens with one attached hydrogen (secondary N) is 1. The van der Waals surface area contributed by atoms with Crippen LogP contribution in [-0.2, 0) is 22.6 Å². The molecule has 0 saturated heterocycles. The lowest BCUT2D eigenvalue weighted by Gasteiger charge is -2.29. The molecule has 0 heterocycles. The highest BCUT2D eigenvalue weighted by atomic mass is 16.2. The topological polar surface area (TPSA) is 49.4 Å². The lowest BCUT2D eigenvalue weighted by atomic mass is 10.1. The number of amides is 2. The fourth-order valence-electron chi connectivity index (χ4n) is 2.78. The van der Waals surface area contributed by atoms with Crippen LogP contribution in [0.4, 0.5) is 0 Å². The number of nitrogens with zero attached hydrogens (tertiary/aromatic N) is 1. The molecule has 2 aromatic rings. The summed E-state index contributed by atoms with van der Waals surface area (Å²) in [6, 6.07) is 17.2. The molecule has 0 spiro atoms. The lowest BCUT2D eigenvalue weighted by Crippen LogP contribution is -2.48. The number of hydrogen-bond donors (Lipinski definition) is 1. The van der Waals surface area contributed by atoms with Gasteiger partial charge in [-0.05, 0) is 31.9 Å². The van der Waals surface area contributed by atoms with E-state index in [2.05, 4.69) is 5.32 Å². The summed E-state index contributed by atoms with van der Waals surface area (Å²) in [6.07, 6.45) is 0.290. The molecule has 0 saturated carbocycles. The normalized spacial score (nSPS) is 11.6. The maximum atomic E-state index is 12.9. The first kappa shape index (κ1) is 18.7. The second kappa shape index (κ2) is 9.02. The molecule has 0 aliphatic rings. The van der Waals surface area contributed by atoms with Crippen molar-refractivity contribution >= 4 is 11.8 Å². The minimum absolute atomic E-state index is 0.0480. The molecular weight excluding hydrogens is 312 g/mol. The van der Waals surface area contributed by atoms with Crippen LogP contribution in [0.3, 0.4) is 0 Å². The van der Waals surface area contributed by atoms with Gasteiger partial charge in [0, 0.05) is 13.1 Å². The Morgan fingerprint density at radius 2 is 1.72 bits per heavy atom. The Labute approximate surface area is 149 Å². The molecule has 4 nitrogen and oxygen atoms in total. The molecule has 0 aliphatic carbocycles. The lowest BCUT2D eigenvalue weighted by molar-refractivity contribution is -0.140.